The predicted molar refractivity (Wildman–Crippen MR) is 131 cm³/mol. The van der Waals surface area contributed by atoms with E-state index < -0.39 is 0 Å². The molecule has 0 radical (unpaired) electrons. The summed E-state index contributed by atoms with van der Waals surface area (Å²) in [6.45, 7) is 4.62. The van der Waals surface area contributed by atoms with Crippen LogP contribution >= 0.6 is 0 Å². The molecule has 1 fully saturated rings. The summed E-state index contributed by atoms with van der Waals surface area (Å²) >= 11 is 0. The fourth-order valence-electron chi connectivity index (χ4n) is 4.81. The first-order valence-electron chi connectivity index (χ1n) is 11.6. The van der Waals surface area contributed by atoms with Gasteiger partial charge in [-0.3, -0.25) is 0 Å². The Morgan fingerprint density at radius 3 is 2.03 bits per heavy atom. The number of hydrogen-bond donors (Lipinski definition) is 1. The summed E-state index contributed by atoms with van der Waals surface area (Å²) in [6.07, 6.45) is 6.60. The average Bonchev–Trinajstić information content (AvgIpc) is 3.20. The van der Waals surface area contributed by atoms with Crippen LogP contribution in [0.1, 0.15) is 30.4 Å². The third kappa shape index (κ3) is 4.52. The van der Waals surface area contributed by atoms with Gasteiger partial charge in [0.2, 0.25) is 0 Å². The number of anilines is 2. The number of rotatable bonds is 6. The van der Waals surface area contributed by atoms with Crippen molar-refractivity contribution in [2.24, 2.45) is 0 Å². The van der Waals surface area contributed by atoms with Crippen LogP contribution in [0.5, 0.6) is 0 Å². The summed E-state index contributed by atoms with van der Waals surface area (Å²) in [5.74, 6) is 0. The molecule has 1 N–H and O–H groups in total. The van der Waals surface area contributed by atoms with E-state index in [4.69, 9.17) is 0 Å². The number of fused-ring (bicyclic) bond motifs is 1. The van der Waals surface area contributed by atoms with Crippen molar-refractivity contribution in [3.05, 3.63) is 102 Å². The minimum Gasteiger partial charge on any atom is -0.360 e. The van der Waals surface area contributed by atoms with Gasteiger partial charge < -0.3 is 15.1 Å². The summed E-state index contributed by atoms with van der Waals surface area (Å²) in [5.41, 5.74) is 6.31. The molecule has 3 aromatic carbocycles. The summed E-state index contributed by atoms with van der Waals surface area (Å²) in [5, 5.41) is 3.77. The predicted octanol–water partition coefficient (Wildman–Crippen LogP) is 5.86. The van der Waals surface area contributed by atoms with Gasteiger partial charge in [-0.15, -0.1) is 0 Å². The molecule has 31 heavy (non-hydrogen) atoms. The van der Waals surface area contributed by atoms with Crippen LogP contribution in [0, 0.1) is 0 Å². The van der Waals surface area contributed by atoms with E-state index in [-0.39, 0.29) is 6.17 Å². The van der Waals surface area contributed by atoms with Crippen LogP contribution in [0.15, 0.2) is 91.0 Å². The molecule has 2 aliphatic rings. The van der Waals surface area contributed by atoms with Crippen LogP contribution in [0.2, 0.25) is 0 Å². The van der Waals surface area contributed by atoms with Crippen molar-refractivity contribution in [3.8, 4) is 0 Å². The monoisotopic (exact) mass is 409 g/mol. The molecule has 1 atom stereocenters. The molecule has 158 valence electrons. The molecular formula is C28H31N3. The minimum atomic E-state index is 0.137. The van der Waals surface area contributed by atoms with Crippen molar-refractivity contribution in [2.75, 3.05) is 36.4 Å². The zero-order valence-corrected chi connectivity index (χ0v) is 18.1. The van der Waals surface area contributed by atoms with Crippen molar-refractivity contribution < 1.29 is 0 Å². The lowest BCUT2D eigenvalue weighted by Crippen LogP contribution is -2.42. The van der Waals surface area contributed by atoms with Crippen LogP contribution in [-0.4, -0.2) is 37.2 Å². The van der Waals surface area contributed by atoms with Crippen LogP contribution in [0.4, 0.5) is 11.4 Å². The fourth-order valence-corrected chi connectivity index (χ4v) is 4.81. The largest absolute Gasteiger partial charge is 0.360 e. The van der Waals surface area contributed by atoms with Gasteiger partial charge in [0.15, 0.2) is 0 Å². The average molecular weight is 410 g/mol. The number of likely N-dealkylation sites (tertiary alicyclic amines) is 1. The lowest BCUT2D eigenvalue weighted by molar-refractivity contribution is 0.233. The van der Waals surface area contributed by atoms with Crippen molar-refractivity contribution in [2.45, 2.75) is 25.4 Å². The maximum Gasteiger partial charge on any atom is 0.119 e. The van der Waals surface area contributed by atoms with Gasteiger partial charge in [0.1, 0.15) is 6.17 Å². The second kappa shape index (κ2) is 9.40. The van der Waals surface area contributed by atoms with Gasteiger partial charge in [0, 0.05) is 13.1 Å². The first-order valence-corrected chi connectivity index (χ1v) is 11.6. The molecule has 2 heterocycles. The molecule has 0 amide bonds. The van der Waals surface area contributed by atoms with Crippen molar-refractivity contribution in [1.29, 1.82) is 0 Å². The molecule has 3 aromatic rings. The maximum absolute atomic E-state index is 3.77. The number of para-hydroxylation sites is 2. The van der Waals surface area contributed by atoms with Gasteiger partial charge in [-0.2, -0.15) is 0 Å². The van der Waals surface area contributed by atoms with Crippen molar-refractivity contribution >= 4 is 16.9 Å². The second-order valence-corrected chi connectivity index (χ2v) is 8.51. The van der Waals surface area contributed by atoms with Crippen LogP contribution in [0.25, 0.3) is 5.57 Å². The Labute approximate surface area is 186 Å². The molecule has 2 aliphatic heterocycles. The van der Waals surface area contributed by atoms with E-state index in [1.54, 1.807) is 0 Å². The third-order valence-electron chi connectivity index (χ3n) is 6.45. The minimum absolute atomic E-state index is 0.137. The lowest BCUT2D eigenvalue weighted by Gasteiger charge is -2.31. The standard InChI is InChI=1S/C28H31N3/c1-4-12-23(13-5-1)25(24-14-6-2-7-15-24)22-28-29-26-16-8-9-17-27(26)31(28)21-20-30-18-10-3-11-19-30/h1-2,4-9,12-17,22,28-29H,3,10-11,18-21H2. The van der Waals surface area contributed by atoms with Crippen LogP contribution in [-0.2, 0) is 0 Å². The van der Waals surface area contributed by atoms with E-state index in [1.807, 2.05) is 0 Å². The Morgan fingerprint density at radius 1 is 0.742 bits per heavy atom. The zero-order valence-electron chi connectivity index (χ0n) is 18.1. The molecule has 0 bridgehead atoms. The number of hydrogen-bond acceptors (Lipinski definition) is 3. The van der Waals surface area contributed by atoms with E-state index in [0.717, 1.165) is 13.1 Å². The number of nitrogens with zero attached hydrogens (tertiary/aromatic N) is 2. The van der Waals surface area contributed by atoms with Crippen LogP contribution in [0.3, 0.4) is 0 Å². The Balaban J connectivity index is 1.47. The molecule has 0 aliphatic carbocycles. The highest BCUT2D eigenvalue weighted by atomic mass is 15.3. The molecule has 3 nitrogen and oxygen atoms in total. The highest BCUT2D eigenvalue weighted by molar-refractivity contribution is 5.83. The Morgan fingerprint density at radius 2 is 1.35 bits per heavy atom. The smallest absolute Gasteiger partial charge is 0.119 e. The number of benzene rings is 3. The highest BCUT2D eigenvalue weighted by Gasteiger charge is 2.28. The van der Waals surface area contributed by atoms with Crippen molar-refractivity contribution in [1.82, 2.24) is 4.90 Å². The van der Waals surface area contributed by atoms with E-state index in [9.17, 15) is 0 Å². The number of nitrogens with one attached hydrogen (secondary N) is 1. The lowest BCUT2D eigenvalue weighted by atomic mass is 9.97. The Bertz CT molecular complexity index is 965. The first-order chi connectivity index (χ1) is 15.4. The summed E-state index contributed by atoms with van der Waals surface area (Å²) in [7, 11) is 0. The fraction of sp³-hybridized carbons (Fsp3) is 0.286. The van der Waals surface area contributed by atoms with E-state index in [2.05, 4.69) is 106 Å². The van der Waals surface area contributed by atoms with Gasteiger partial charge in [-0.25, -0.2) is 0 Å². The molecular weight excluding hydrogens is 378 g/mol. The summed E-state index contributed by atoms with van der Waals surface area (Å²) < 4.78 is 0. The Hall–Kier alpha value is -3.04. The third-order valence-corrected chi connectivity index (χ3v) is 6.45. The molecule has 0 aromatic heterocycles. The van der Waals surface area contributed by atoms with Crippen molar-refractivity contribution in [3.63, 3.8) is 0 Å². The summed E-state index contributed by atoms with van der Waals surface area (Å²) in [4.78, 5) is 5.16. The molecule has 1 unspecified atom stereocenters. The topological polar surface area (TPSA) is 18.5 Å². The molecule has 0 spiro atoms. The highest BCUT2D eigenvalue weighted by Crippen LogP contribution is 2.36. The normalized spacial score (nSPS) is 18.3. The van der Waals surface area contributed by atoms with Gasteiger partial charge >= 0.3 is 0 Å². The van der Waals surface area contributed by atoms with E-state index >= 15 is 0 Å². The van der Waals surface area contributed by atoms with E-state index in [0.29, 0.717) is 0 Å². The SMILES string of the molecule is C(=C(c1ccccc1)c1ccccc1)C1Nc2ccccc2N1CCN1CCCCC1. The first kappa shape index (κ1) is 19.9. The van der Waals surface area contributed by atoms with Gasteiger partial charge in [-0.1, -0.05) is 79.2 Å². The van der Waals surface area contributed by atoms with E-state index in [1.165, 1.54) is 60.4 Å². The molecule has 0 saturated carbocycles. The molecule has 1 saturated heterocycles. The second-order valence-electron chi connectivity index (χ2n) is 8.51. The molecule has 5 rings (SSSR count). The van der Waals surface area contributed by atoms with Gasteiger partial charge in [0.25, 0.3) is 0 Å². The molecule has 3 heteroatoms. The zero-order chi connectivity index (χ0) is 20.9. The Kier molecular flexibility index (Phi) is 6.03. The summed E-state index contributed by atoms with van der Waals surface area (Å²) in [6, 6.07) is 30.2. The van der Waals surface area contributed by atoms with Gasteiger partial charge in [0.05, 0.1) is 11.4 Å². The quantitative estimate of drug-likeness (QED) is 0.550. The maximum atomic E-state index is 3.77. The van der Waals surface area contributed by atoms with Crippen LogP contribution < -0.4 is 10.2 Å². The van der Waals surface area contributed by atoms with Gasteiger partial charge in [-0.05, 0) is 60.8 Å². The number of piperidine rings is 1.